The normalized spacial score (nSPS) is 12.8. The van der Waals surface area contributed by atoms with Gasteiger partial charge in [0.2, 0.25) is 0 Å². The lowest BCUT2D eigenvalue weighted by Gasteiger charge is -2.26. The fourth-order valence-corrected chi connectivity index (χ4v) is 3.16. The van der Waals surface area contributed by atoms with Gasteiger partial charge in [0, 0.05) is 5.39 Å². The van der Waals surface area contributed by atoms with Crippen molar-refractivity contribution in [2.45, 2.75) is 52.6 Å². The first-order chi connectivity index (χ1) is 10.7. The molecule has 0 fully saturated rings. The van der Waals surface area contributed by atoms with E-state index in [4.69, 9.17) is 4.74 Å². The molecule has 1 heteroatoms. The van der Waals surface area contributed by atoms with Crippen molar-refractivity contribution < 1.29 is 4.74 Å². The Morgan fingerprint density at radius 3 is 1.78 bits per heavy atom. The zero-order valence-corrected chi connectivity index (χ0v) is 15.0. The van der Waals surface area contributed by atoms with E-state index in [9.17, 15) is 0 Å². The average molecular weight is 306 g/mol. The maximum Gasteiger partial charge on any atom is 0.128 e. The molecule has 3 rings (SSSR count). The van der Waals surface area contributed by atoms with E-state index >= 15 is 0 Å². The molecule has 3 aromatic rings. The van der Waals surface area contributed by atoms with Crippen molar-refractivity contribution in [3.63, 3.8) is 0 Å². The molecule has 0 spiro atoms. The van der Waals surface area contributed by atoms with Crippen LogP contribution < -0.4 is 4.74 Å². The SMILES string of the molecule is CC(C)(C)Oc1cccc2ccc3cccc(C(C)(C)C)c3c12. The number of ether oxygens (including phenoxy) is 1. The van der Waals surface area contributed by atoms with E-state index in [0.29, 0.717) is 0 Å². The highest BCUT2D eigenvalue weighted by atomic mass is 16.5. The van der Waals surface area contributed by atoms with E-state index in [-0.39, 0.29) is 11.0 Å². The standard InChI is InChI=1S/C22H26O/c1-21(2,3)17-11-7-9-15-13-14-16-10-8-12-18(20(16)19(15)17)23-22(4,5)6/h7-14H,1-6H3. The zero-order valence-electron chi connectivity index (χ0n) is 15.0. The molecule has 0 saturated heterocycles. The monoisotopic (exact) mass is 306 g/mol. The second-order valence-electron chi connectivity index (χ2n) is 8.29. The Kier molecular flexibility index (Phi) is 3.63. The van der Waals surface area contributed by atoms with Gasteiger partial charge in [0.05, 0.1) is 0 Å². The van der Waals surface area contributed by atoms with E-state index in [1.807, 2.05) is 0 Å². The van der Waals surface area contributed by atoms with Gasteiger partial charge in [-0.1, -0.05) is 63.2 Å². The van der Waals surface area contributed by atoms with Gasteiger partial charge in [0.1, 0.15) is 11.4 Å². The Balaban J connectivity index is 2.46. The first-order valence-electron chi connectivity index (χ1n) is 8.31. The molecule has 0 amide bonds. The molecule has 23 heavy (non-hydrogen) atoms. The number of benzene rings is 3. The molecule has 0 N–H and O–H groups in total. The van der Waals surface area contributed by atoms with Crippen LogP contribution >= 0.6 is 0 Å². The molecule has 120 valence electrons. The largest absolute Gasteiger partial charge is 0.487 e. The van der Waals surface area contributed by atoms with E-state index < -0.39 is 0 Å². The third-order valence-electron chi connectivity index (χ3n) is 4.07. The third kappa shape index (κ3) is 3.06. The molecular formula is C22H26O. The first kappa shape index (κ1) is 15.9. The van der Waals surface area contributed by atoms with Gasteiger partial charge in [-0.2, -0.15) is 0 Å². The highest BCUT2D eigenvalue weighted by Gasteiger charge is 2.21. The van der Waals surface area contributed by atoms with E-state index in [2.05, 4.69) is 90.1 Å². The van der Waals surface area contributed by atoms with Gasteiger partial charge in [0.25, 0.3) is 0 Å². The average Bonchev–Trinajstić information content (AvgIpc) is 2.43. The second-order valence-corrected chi connectivity index (χ2v) is 8.29. The topological polar surface area (TPSA) is 9.23 Å². The van der Waals surface area contributed by atoms with Crippen molar-refractivity contribution in [1.29, 1.82) is 0 Å². The lowest BCUT2D eigenvalue weighted by atomic mass is 9.82. The van der Waals surface area contributed by atoms with Crippen LogP contribution in [0.2, 0.25) is 0 Å². The molecule has 0 aromatic heterocycles. The molecule has 1 nitrogen and oxygen atoms in total. The number of hydrogen-bond donors (Lipinski definition) is 0. The number of fused-ring (bicyclic) bond motifs is 3. The fraction of sp³-hybridized carbons (Fsp3) is 0.364. The van der Waals surface area contributed by atoms with Gasteiger partial charge in [-0.05, 0) is 54.0 Å². The molecule has 0 bridgehead atoms. The van der Waals surface area contributed by atoms with Crippen molar-refractivity contribution >= 4 is 21.5 Å². The Labute approximate surface area is 139 Å². The maximum atomic E-state index is 6.29. The summed E-state index contributed by atoms with van der Waals surface area (Å²) in [6.07, 6.45) is 0. The number of hydrogen-bond acceptors (Lipinski definition) is 1. The summed E-state index contributed by atoms with van der Waals surface area (Å²) in [4.78, 5) is 0. The van der Waals surface area contributed by atoms with Gasteiger partial charge in [-0.25, -0.2) is 0 Å². The van der Waals surface area contributed by atoms with Crippen LogP contribution in [0.3, 0.4) is 0 Å². The minimum absolute atomic E-state index is 0.0859. The van der Waals surface area contributed by atoms with Crippen LogP contribution in [-0.4, -0.2) is 5.60 Å². The summed E-state index contributed by atoms with van der Waals surface area (Å²) in [5.41, 5.74) is 1.24. The Hall–Kier alpha value is -2.02. The summed E-state index contributed by atoms with van der Waals surface area (Å²) in [6.45, 7) is 13.1. The lowest BCUT2D eigenvalue weighted by molar-refractivity contribution is 0.133. The summed E-state index contributed by atoms with van der Waals surface area (Å²) in [5, 5.41) is 5.05. The van der Waals surface area contributed by atoms with E-state index in [1.165, 1.54) is 27.1 Å². The van der Waals surface area contributed by atoms with Gasteiger partial charge < -0.3 is 4.74 Å². The Morgan fingerprint density at radius 2 is 1.22 bits per heavy atom. The number of rotatable bonds is 1. The van der Waals surface area contributed by atoms with Crippen molar-refractivity contribution in [3.05, 3.63) is 54.1 Å². The molecular weight excluding hydrogens is 280 g/mol. The van der Waals surface area contributed by atoms with Crippen LogP contribution in [0.15, 0.2) is 48.5 Å². The van der Waals surface area contributed by atoms with Crippen LogP contribution in [0.25, 0.3) is 21.5 Å². The minimum atomic E-state index is -0.215. The fourth-order valence-electron chi connectivity index (χ4n) is 3.16. The van der Waals surface area contributed by atoms with Crippen LogP contribution in [0.4, 0.5) is 0 Å². The summed E-state index contributed by atoms with van der Waals surface area (Å²) < 4.78 is 6.29. The third-order valence-corrected chi connectivity index (χ3v) is 4.07. The van der Waals surface area contributed by atoms with Crippen molar-refractivity contribution in [1.82, 2.24) is 0 Å². The molecule has 0 aliphatic rings. The quantitative estimate of drug-likeness (QED) is 0.468. The van der Waals surface area contributed by atoms with Crippen LogP contribution in [0.1, 0.15) is 47.1 Å². The smallest absolute Gasteiger partial charge is 0.128 e. The predicted octanol–water partition coefficient (Wildman–Crippen LogP) is 6.47. The lowest BCUT2D eigenvalue weighted by Crippen LogP contribution is -2.23. The van der Waals surface area contributed by atoms with Crippen molar-refractivity contribution in [3.8, 4) is 5.75 Å². The molecule has 0 aliphatic heterocycles. The van der Waals surface area contributed by atoms with E-state index in [0.717, 1.165) is 5.75 Å². The molecule has 0 heterocycles. The zero-order chi connectivity index (χ0) is 16.8. The summed E-state index contributed by atoms with van der Waals surface area (Å²) in [7, 11) is 0. The highest BCUT2D eigenvalue weighted by Crippen LogP contribution is 2.39. The molecule has 0 radical (unpaired) electrons. The van der Waals surface area contributed by atoms with E-state index in [1.54, 1.807) is 0 Å². The summed E-state index contributed by atoms with van der Waals surface area (Å²) in [6, 6.07) is 17.3. The highest BCUT2D eigenvalue weighted by molar-refractivity contribution is 6.12. The van der Waals surface area contributed by atoms with Gasteiger partial charge in [-0.3, -0.25) is 0 Å². The van der Waals surface area contributed by atoms with Gasteiger partial charge in [0.15, 0.2) is 0 Å². The van der Waals surface area contributed by atoms with Crippen molar-refractivity contribution in [2.75, 3.05) is 0 Å². The van der Waals surface area contributed by atoms with Crippen molar-refractivity contribution in [2.24, 2.45) is 0 Å². The van der Waals surface area contributed by atoms with Crippen LogP contribution in [0, 0.1) is 0 Å². The maximum absolute atomic E-state index is 6.29. The molecule has 0 saturated carbocycles. The van der Waals surface area contributed by atoms with Crippen LogP contribution in [0.5, 0.6) is 5.75 Å². The molecule has 3 aromatic carbocycles. The first-order valence-corrected chi connectivity index (χ1v) is 8.31. The molecule has 0 atom stereocenters. The summed E-state index contributed by atoms with van der Waals surface area (Å²) in [5.74, 6) is 0.970. The summed E-state index contributed by atoms with van der Waals surface area (Å²) >= 11 is 0. The Bertz CT molecular complexity index is 861. The minimum Gasteiger partial charge on any atom is -0.487 e. The second kappa shape index (κ2) is 5.26. The molecule has 0 aliphatic carbocycles. The Morgan fingerprint density at radius 1 is 0.652 bits per heavy atom. The molecule has 0 unspecified atom stereocenters. The predicted molar refractivity (Wildman–Crippen MR) is 101 cm³/mol. The van der Waals surface area contributed by atoms with Gasteiger partial charge >= 0.3 is 0 Å². The van der Waals surface area contributed by atoms with Gasteiger partial charge in [-0.15, -0.1) is 0 Å². The van der Waals surface area contributed by atoms with Crippen LogP contribution in [-0.2, 0) is 5.41 Å².